The van der Waals surface area contributed by atoms with E-state index < -0.39 is 11.9 Å². The summed E-state index contributed by atoms with van der Waals surface area (Å²) in [5.74, 6) is -1.34. The van der Waals surface area contributed by atoms with Crippen molar-refractivity contribution in [3.05, 3.63) is 24.3 Å². The minimum absolute atomic E-state index is 0. The quantitative estimate of drug-likeness (QED) is 0.0864. The molecule has 0 amide bonds. The van der Waals surface area contributed by atoms with Gasteiger partial charge in [0.05, 0.1) is 0 Å². The van der Waals surface area contributed by atoms with E-state index in [2.05, 4.69) is 38.2 Å². The third-order valence-corrected chi connectivity index (χ3v) is 5.30. The summed E-state index contributed by atoms with van der Waals surface area (Å²) in [6, 6.07) is 0. The molecule has 0 spiro atoms. The molecule has 5 heteroatoms. The number of allylic oxidation sites excluding steroid dienone is 4. The number of carboxylic acid groups (broad SMARTS) is 2. The average molecular weight is 511 g/mol. The molecule has 0 aromatic carbocycles. The molecule has 198 valence electrons. The van der Waals surface area contributed by atoms with Crippen molar-refractivity contribution >= 4 is 11.9 Å². The number of carboxylic acids is 2. The fourth-order valence-corrected chi connectivity index (χ4v) is 3.25. The van der Waals surface area contributed by atoms with E-state index in [4.69, 9.17) is 10.2 Å². The van der Waals surface area contributed by atoms with E-state index in [1.54, 1.807) is 0 Å². The van der Waals surface area contributed by atoms with E-state index >= 15 is 0 Å². The minimum Gasteiger partial charge on any atom is -0.481 e. The molecule has 0 aromatic rings. The van der Waals surface area contributed by atoms with Crippen molar-refractivity contribution in [2.45, 2.75) is 142 Å². The van der Waals surface area contributed by atoms with Gasteiger partial charge in [0, 0.05) is 29.3 Å². The normalized spacial score (nSPS) is 10.7. The van der Waals surface area contributed by atoms with E-state index in [0.29, 0.717) is 12.8 Å². The number of rotatable bonds is 22. The smallest absolute Gasteiger partial charge is 0.303 e. The first-order valence-corrected chi connectivity index (χ1v) is 13.3. The van der Waals surface area contributed by atoms with Gasteiger partial charge in [0.2, 0.25) is 0 Å². The summed E-state index contributed by atoms with van der Waals surface area (Å²) in [5, 5.41) is 16.9. The zero-order chi connectivity index (χ0) is 24.1. The molecule has 2 N–H and O–H groups in total. The van der Waals surface area contributed by atoms with Gasteiger partial charge in [-0.3, -0.25) is 9.59 Å². The standard InChI is InChI=1S/2C14H26O2.Ni/c2*1-2-3-4-5-6-7-8-9-10-11-12-13-14(15)16;/h2*5-6H,2-4,7-13H2,1H3,(H,15,16);/b2*6-5-;. The third-order valence-electron chi connectivity index (χ3n) is 5.30. The maximum absolute atomic E-state index is 10.3. The van der Waals surface area contributed by atoms with Gasteiger partial charge in [-0.25, -0.2) is 0 Å². The van der Waals surface area contributed by atoms with E-state index in [0.717, 1.165) is 25.7 Å². The van der Waals surface area contributed by atoms with E-state index in [1.807, 2.05) is 0 Å². The summed E-state index contributed by atoms with van der Waals surface area (Å²) in [5.41, 5.74) is 0. The van der Waals surface area contributed by atoms with Crippen LogP contribution in [-0.2, 0) is 26.1 Å². The molecule has 0 saturated carbocycles. The van der Waals surface area contributed by atoms with E-state index in [9.17, 15) is 9.59 Å². The van der Waals surface area contributed by atoms with Crippen molar-refractivity contribution < 1.29 is 36.3 Å². The average Bonchev–Trinajstić information content (AvgIpc) is 2.76. The molecule has 0 aromatic heterocycles. The monoisotopic (exact) mass is 510 g/mol. The maximum Gasteiger partial charge on any atom is 0.303 e. The Labute approximate surface area is 214 Å². The second kappa shape index (κ2) is 33.1. The van der Waals surface area contributed by atoms with Gasteiger partial charge in [-0.1, -0.05) is 102 Å². The molecule has 0 bridgehead atoms. The second-order valence-corrected chi connectivity index (χ2v) is 8.63. The first kappa shape index (κ1) is 36.5. The van der Waals surface area contributed by atoms with Crippen LogP contribution in [0.4, 0.5) is 0 Å². The molecule has 4 nitrogen and oxygen atoms in total. The molecule has 0 radical (unpaired) electrons. The predicted molar refractivity (Wildman–Crippen MR) is 137 cm³/mol. The van der Waals surface area contributed by atoms with Gasteiger partial charge in [-0.05, 0) is 51.4 Å². The molecule has 0 aliphatic rings. The molecular weight excluding hydrogens is 459 g/mol. The summed E-state index contributed by atoms with van der Waals surface area (Å²) in [4.78, 5) is 20.5. The van der Waals surface area contributed by atoms with Crippen LogP contribution in [0, 0.1) is 0 Å². The molecule has 0 unspecified atom stereocenters. The van der Waals surface area contributed by atoms with Gasteiger partial charge >= 0.3 is 11.9 Å². The fourth-order valence-electron chi connectivity index (χ4n) is 3.25. The summed E-state index contributed by atoms with van der Waals surface area (Å²) >= 11 is 0. The van der Waals surface area contributed by atoms with Crippen LogP contribution in [0.15, 0.2) is 24.3 Å². The van der Waals surface area contributed by atoms with Crippen LogP contribution in [0.2, 0.25) is 0 Å². The Morgan fingerprint density at radius 2 is 0.758 bits per heavy atom. The minimum atomic E-state index is -0.668. The number of carbonyl (C=O) groups is 2. The Kier molecular flexibility index (Phi) is 36.6. The van der Waals surface area contributed by atoms with Crippen molar-refractivity contribution in [1.29, 1.82) is 0 Å². The molecule has 0 atom stereocenters. The molecule has 0 fully saturated rings. The van der Waals surface area contributed by atoms with Crippen molar-refractivity contribution in [2.24, 2.45) is 0 Å². The molecule has 0 aliphatic heterocycles. The molecule has 0 rings (SSSR count). The molecule has 33 heavy (non-hydrogen) atoms. The Bertz CT molecular complexity index is 419. The summed E-state index contributed by atoms with van der Waals surface area (Å²) in [6.45, 7) is 4.43. The first-order chi connectivity index (χ1) is 15.5. The van der Waals surface area contributed by atoms with Crippen LogP contribution in [0.1, 0.15) is 142 Å². The Morgan fingerprint density at radius 3 is 1.06 bits per heavy atom. The van der Waals surface area contributed by atoms with Crippen LogP contribution >= 0.6 is 0 Å². The van der Waals surface area contributed by atoms with E-state index in [1.165, 1.54) is 89.9 Å². The van der Waals surface area contributed by atoms with Gasteiger partial charge in [0.1, 0.15) is 0 Å². The van der Waals surface area contributed by atoms with Crippen molar-refractivity contribution in [1.82, 2.24) is 0 Å². The molecule has 0 saturated heterocycles. The van der Waals surface area contributed by atoms with Crippen molar-refractivity contribution in [2.75, 3.05) is 0 Å². The second-order valence-electron chi connectivity index (χ2n) is 8.63. The summed E-state index contributed by atoms with van der Waals surface area (Å²) in [6.07, 6.45) is 30.8. The SMILES string of the molecule is CCCC/C=C\CCCCCCCC(=O)O.CCCC/C=C\CCCCCCCC(=O)O.[Ni]. The Hall–Kier alpha value is -1.09. The first-order valence-electron chi connectivity index (χ1n) is 13.3. The van der Waals surface area contributed by atoms with Gasteiger partial charge in [-0.2, -0.15) is 0 Å². The number of unbranched alkanes of at least 4 members (excludes halogenated alkanes) is 14. The molecular formula is C28H52NiO4. The van der Waals surface area contributed by atoms with Crippen LogP contribution in [0.3, 0.4) is 0 Å². The van der Waals surface area contributed by atoms with Gasteiger partial charge in [-0.15, -0.1) is 0 Å². The molecule has 0 heterocycles. The fraction of sp³-hybridized carbons (Fsp3) is 0.786. The van der Waals surface area contributed by atoms with Crippen molar-refractivity contribution in [3.8, 4) is 0 Å². The third kappa shape index (κ3) is 41.6. The van der Waals surface area contributed by atoms with Crippen LogP contribution in [0.5, 0.6) is 0 Å². The largest absolute Gasteiger partial charge is 0.481 e. The predicted octanol–water partition coefficient (Wildman–Crippen LogP) is 9.09. The summed E-state index contributed by atoms with van der Waals surface area (Å²) < 4.78 is 0. The zero-order valence-corrected chi connectivity index (χ0v) is 22.5. The number of hydrogen-bond donors (Lipinski definition) is 2. The van der Waals surface area contributed by atoms with Crippen LogP contribution in [0.25, 0.3) is 0 Å². The molecule has 0 aliphatic carbocycles. The van der Waals surface area contributed by atoms with Gasteiger partial charge < -0.3 is 10.2 Å². The van der Waals surface area contributed by atoms with Crippen LogP contribution in [-0.4, -0.2) is 22.2 Å². The zero-order valence-electron chi connectivity index (χ0n) is 21.5. The Balaban J connectivity index is -0.000000529. The van der Waals surface area contributed by atoms with Gasteiger partial charge in [0.15, 0.2) is 0 Å². The van der Waals surface area contributed by atoms with E-state index in [-0.39, 0.29) is 16.5 Å². The number of aliphatic carboxylic acids is 2. The van der Waals surface area contributed by atoms with Crippen molar-refractivity contribution in [3.63, 3.8) is 0 Å². The number of hydrogen-bond acceptors (Lipinski definition) is 2. The maximum atomic E-state index is 10.3. The Morgan fingerprint density at radius 1 is 0.485 bits per heavy atom. The van der Waals surface area contributed by atoms with Gasteiger partial charge in [0.25, 0.3) is 0 Å². The summed E-state index contributed by atoms with van der Waals surface area (Å²) in [7, 11) is 0. The topological polar surface area (TPSA) is 74.6 Å². The van der Waals surface area contributed by atoms with Crippen LogP contribution < -0.4 is 0 Å².